The van der Waals surface area contributed by atoms with Crippen molar-refractivity contribution in [1.29, 1.82) is 0 Å². The molecule has 0 aliphatic carbocycles. The van der Waals surface area contributed by atoms with Gasteiger partial charge in [0, 0.05) is 17.5 Å². The first-order valence-corrected chi connectivity index (χ1v) is 10.5. The van der Waals surface area contributed by atoms with Crippen molar-refractivity contribution in [2.24, 2.45) is 0 Å². The van der Waals surface area contributed by atoms with Gasteiger partial charge in [-0.3, -0.25) is 4.79 Å². The molecule has 2 N–H and O–H groups in total. The van der Waals surface area contributed by atoms with E-state index in [4.69, 9.17) is 19.8 Å². The third kappa shape index (κ3) is 3.54. The van der Waals surface area contributed by atoms with Crippen LogP contribution in [0, 0.1) is 6.92 Å². The molecule has 8 nitrogen and oxygen atoms in total. The first-order valence-electron chi connectivity index (χ1n) is 10.5. The lowest BCUT2D eigenvalue weighted by Crippen LogP contribution is -2.38. The van der Waals surface area contributed by atoms with Gasteiger partial charge in [-0.15, -0.1) is 5.10 Å². The van der Waals surface area contributed by atoms with Crippen LogP contribution in [0.2, 0.25) is 0 Å². The maximum absolute atomic E-state index is 12.5. The van der Waals surface area contributed by atoms with E-state index in [1.54, 1.807) is 11.6 Å². The molecular weight excluding hydrogens is 392 g/mol. The second kappa shape index (κ2) is 7.86. The Morgan fingerprint density at radius 2 is 1.97 bits per heavy atom. The third-order valence-corrected chi connectivity index (χ3v) is 5.69. The highest BCUT2D eigenvalue weighted by molar-refractivity contribution is 5.95. The van der Waals surface area contributed by atoms with Crippen LogP contribution in [-0.4, -0.2) is 45.2 Å². The van der Waals surface area contributed by atoms with E-state index in [0.717, 1.165) is 47.0 Å². The number of nitrogens with zero attached hydrogens (tertiary/aromatic N) is 4. The Morgan fingerprint density at radius 1 is 1.13 bits per heavy atom. The molecule has 31 heavy (non-hydrogen) atoms. The van der Waals surface area contributed by atoms with Gasteiger partial charge >= 0.3 is 0 Å². The van der Waals surface area contributed by atoms with Crippen molar-refractivity contribution in [3.63, 3.8) is 0 Å². The number of methoxy groups -OCH3 is 1. The number of benzene rings is 2. The largest absolute Gasteiger partial charge is 0.497 e. The average Bonchev–Trinajstić information content (AvgIpc) is 3.15. The molecule has 0 radical (unpaired) electrons. The number of hydrogen-bond donors (Lipinski definition) is 2. The van der Waals surface area contributed by atoms with E-state index in [1.807, 2.05) is 49.4 Å². The molecule has 2 aromatic carbocycles. The Morgan fingerprint density at radius 3 is 2.77 bits per heavy atom. The molecule has 5 rings (SSSR count). The van der Waals surface area contributed by atoms with Gasteiger partial charge in [-0.05, 0) is 62.1 Å². The topological polar surface area (TPSA) is 93.4 Å². The first-order chi connectivity index (χ1) is 15.1. The minimum Gasteiger partial charge on any atom is -0.497 e. The van der Waals surface area contributed by atoms with Gasteiger partial charge in [0.2, 0.25) is 11.9 Å². The van der Waals surface area contributed by atoms with Crippen LogP contribution in [0.5, 0.6) is 5.75 Å². The molecule has 1 amide bonds. The number of ether oxygens (including phenoxy) is 1. The molecular formula is C23H24N6O2. The molecule has 3 heterocycles. The predicted molar refractivity (Wildman–Crippen MR) is 119 cm³/mol. The van der Waals surface area contributed by atoms with Crippen molar-refractivity contribution in [3.05, 3.63) is 48.0 Å². The average molecular weight is 416 g/mol. The van der Waals surface area contributed by atoms with Crippen molar-refractivity contribution >= 4 is 28.4 Å². The van der Waals surface area contributed by atoms with E-state index in [-0.39, 0.29) is 11.9 Å². The van der Waals surface area contributed by atoms with Crippen LogP contribution in [0.3, 0.4) is 0 Å². The van der Waals surface area contributed by atoms with Gasteiger partial charge in [0.1, 0.15) is 11.8 Å². The number of aryl methyl sites for hydroxylation is 1. The number of carbonyl (C=O) groups excluding carboxylic acids is 1. The molecule has 0 saturated carbocycles. The summed E-state index contributed by atoms with van der Waals surface area (Å²) in [6.45, 7) is 2.73. The molecule has 1 aliphatic heterocycles. The quantitative estimate of drug-likeness (QED) is 0.530. The van der Waals surface area contributed by atoms with Gasteiger partial charge in [0.15, 0.2) is 11.5 Å². The number of fused-ring (bicyclic) bond motifs is 3. The lowest BCUT2D eigenvalue weighted by Gasteiger charge is -2.17. The van der Waals surface area contributed by atoms with Crippen LogP contribution in [0.25, 0.3) is 27.9 Å². The molecule has 8 heteroatoms. The zero-order valence-electron chi connectivity index (χ0n) is 17.6. The molecule has 0 spiro atoms. The summed E-state index contributed by atoms with van der Waals surface area (Å²) in [5.74, 6) is 1.88. The monoisotopic (exact) mass is 416 g/mol. The number of rotatable bonds is 4. The number of aromatic nitrogens is 4. The minimum atomic E-state index is -0.353. The van der Waals surface area contributed by atoms with Crippen LogP contribution in [0.15, 0.2) is 42.5 Å². The predicted octanol–water partition coefficient (Wildman–Crippen LogP) is 3.34. The lowest BCUT2D eigenvalue weighted by atomic mass is 10.1. The zero-order valence-corrected chi connectivity index (χ0v) is 17.6. The van der Waals surface area contributed by atoms with Crippen LogP contribution < -0.4 is 15.4 Å². The third-order valence-electron chi connectivity index (χ3n) is 5.69. The van der Waals surface area contributed by atoms with Gasteiger partial charge in [-0.1, -0.05) is 12.1 Å². The van der Waals surface area contributed by atoms with E-state index >= 15 is 0 Å². The Labute approximate surface area is 179 Å². The summed E-state index contributed by atoms with van der Waals surface area (Å²) in [5, 5.41) is 12.0. The number of hydrogen-bond acceptors (Lipinski definition) is 6. The fourth-order valence-corrected chi connectivity index (χ4v) is 3.96. The molecule has 1 atom stereocenters. The van der Waals surface area contributed by atoms with E-state index in [9.17, 15) is 4.79 Å². The maximum Gasteiger partial charge on any atom is 0.242 e. The molecule has 1 fully saturated rings. The Balaban J connectivity index is 1.66. The van der Waals surface area contributed by atoms with Gasteiger partial charge in [0.25, 0.3) is 0 Å². The maximum atomic E-state index is 12.5. The van der Waals surface area contributed by atoms with Crippen LogP contribution in [0.1, 0.15) is 24.8 Å². The van der Waals surface area contributed by atoms with E-state index in [1.165, 1.54) is 0 Å². The number of amides is 1. The van der Waals surface area contributed by atoms with Crippen molar-refractivity contribution in [1.82, 2.24) is 24.9 Å². The molecule has 4 aromatic rings. The summed E-state index contributed by atoms with van der Waals surface area (Å²) < 4.78 is 6.96. The van der Waals surface area contributed by atoms with Gasteiger partial charge in [-0.2, -0.15) is 4.52 Å². The SMILES string of the molecule is COc1ccc(-c2nc3c4cccc(C)c4nc(N[C@@H]4CCCCNC4=O)n3n2)cc1. The van der Waals surface area contributed by atoms with Crippen LogP contribution >= 0.6 is 0 Å². The zero-order chi connectivity index (χ0) is 21.4. The standard InChI is InChI=1S/C23H24N6O2/c1-14-6-5-7-17-19(14)26-23(25-18-8-3-4-13-24-22(18)30)29-21(17)27-20(28-29)15-9-11-16(31-2)12-10-15/h5-7,9-12,18H,3-4,8,13H2,1-2H3,(H,24,30)(H,25,26)/t18-/m1/s1. The molecule has 1 saturated heterocycles. The number of para-hydroxylation sites is 1. The summed E-state index contributed by atoms with van der Waals surface area (Å²) in [6, 6.07) is 13.3. The van der Waals surface area contributed by atoms with Gasteiger partial charge < -0.3 is 15.4 Å². The highest BCUT2D eigenvalue weighted by Crippen LogP contribution is 2.27. The van der Waals surface area contributed by atoms with Crippen LogP contribution in [-0.2, 0) is 4.79 Å². The Kier molecular flexibility index (Phi) is 4.89. The van der Waals surface area contributed by atoms with Crippen molar-refractivity contribution < 1.29 is 9.53 Å². The Hall–Kier alpha value is -3.68. The van der Waals surface area contributed by atoms with Crippen molar-refractivity contribution in [3.8, 4) is 17.1 Å². The van der Waals surface area contributed by atoms with Gasteiger partial charge in [0.05, 0.1) is 12.6 Å². The number of nitrogens with one attached hydrogen (secondary N) is 2. The number of carbonyl (C=O) groups is 1. The van der Waals surface area contributed by atoms with Gasteiger partial charge in [-0.25, -0.2) is 9.97 Å². The molecule has 0 unspecified atom stereocenters. The summed E-state index contributed by atoms with van der Waals surface area (Å²) in [7, 11) is 1.64. The summed E-state index contributed by atoms with van der Waals surface area (Å²) in [4.78, 5) is 22.2. The summed E-state index contributed by atoms with van der Waals surface area (Å²) in [5.41, 5.74) is 3.47. The molecule has 2 aromatic heterocycles. The highest BCUT2D eigenvalue weighted by Gasteiger charge is 2.23. The normalized spacial score (nSPS) is 16.8. The Bertz CT molecular complexity index is 1260. The fraction of sp³-hybridized carbons (Fsp3) is 0.304. The smallest absolute Gasteiger partial charge is 0.242 e. The van der Waals surface area contributed by atoms with E-state index in [0.29, 0.717) is 24.0 Å². The molecule has 1 aliphatic rings. The van der Waals surface area contributed by atoms with Crippen LogP contribution in [0.4, 0.5) is 5.95 Å². The van der Waals surface area contributed by atoms with Crippen molar-refractivity contribution in [2.45, 2.75) is 32.2 Å². The second-order valence-corrected chi connectivity index (χ2v) is 7.79. The fourth-order valence-electron chi connectivity index (χ4n) is 3.96. The van der Waals surface area contributed by atoms with Crippen molar-refractivity contribution in [2.75, 3.05) is 19.0 Å². The summed E-state index contributed by atoms with van der Waals surface area (Å²) in [6.07, 6.45) is 2.70. The second-order valence-electron chi connectivity index (χ2n) is 7.79. The van der Waals surface area contributed by atoms with E-state index < -0.39 is 0 Å². The lowest BCUT2D eigenvalue weighted by molar-refractivity contribution is -0.121. The van der Waals surface area contributed by atoms with E-state index in [2.05, 4.69) is 10.6 Å². The molecule has 158 valence electrons. The number of anilines is 1. The minimum absolute atomic E-state index is 0.00664. The molecule has 0 bridgehead atoms. The highest BCUT2D eigenvalue weighted by atomic mass is 16.5. The first kappa shape index (κ1) is 19.3. The summed E-state index contributed by atoms with van der Waals surface area (Å²) >= 11 is 0.